The Bertz CT molecular complexity index is 409. The molecule has 1 atom stereocenters. The van der Waals surface area contributed by atoms with E-state index in [-0.39, 0.29) is 12.1 Å². The first-order chi connectivity index (χ1) is 7.70. The van der Waals surface area contributed by atoms with E-state index in [4.69, 9.17) is 0 Å². The molecule has 0 bridgehead atoms. The highest BCUT2D eigenvalue weighted by atomic mass is 79.9. The van der Waals surface area contributed by atoms with E-state index < -0.39 is 0 Å². The van der Waals surface area contributed by atoms with Crippen molar-refractivity contribution in [3.63, 3.8) is 0 Å². The van der Waals surface area contributed by atoms with Gasteiger partial charge in [0.1, 0.15) is 0 Å². The summed E-state index contributed by atoms with van der Waals surface area (Å²) in [5.74, 6) is 0. The van der Waals surface area contributed by atoms with E-state index in [2.05, 4.69) is 31.0 Å². The van der Waals surface area contributed by atoms with Gasteiger partial charge in [-0.15, -0.1) is 0 Å². The van der Waals surface area contributed by atoms with Gasteiger partial charge in [0.15, 0.2) is 0 Å². The number of halogens is 1. The number of carbonyl (C=O) groups excluding carboxylic acids is 1. The summed E-state index contributed by atoms with van der Waals surface area (Å²) in [6, 6.07) is 0.149. The van der Waals surface area contributed by atoms with Crippen LogP contribution in [0, 0.1) is 0 Å². The minimum atomic E-state index is -0.364. The Kier molecular flexibility index (Phi) is 3.43. The van der Waals surface area contributed by atoms with Crippen LogP contribution >= 0.6 is 15.9 Å². The van der Waals surface area contributed by atoms with Crippen molar-refractivity contribution in [2.45, 2.75) is 25.3 Å². The number of ether oxygens (including phenoxy) is 1. The van der Waals surface area contributed by atoms with Crippen LogP contribution in [0.2, 0.25) is 0 Å². The fourth-order valence-electron chi connectivity index (χ4n) is 1.99. The molecular formula is C11H13BrN2O2. The van der Waals surface area contributed by atoms with Crippen molar-refractivity contribution in [2.24, 2.45) is 0 Å². The molecule has 0 spiro atoms. The lowest BCUT2D eigenvalue weighted by atomic mass is 9.90. The van der Waals surface area contributed by atoms with E-state index in [0.29, 0.717) is 0 Å². The number of rotatable bonds is 1. The van der Waals surface area contributed by atoms with Crippen molar-refractivity contribution < 1.29 is 9.53 Å². The number of carbonyl (C=O) groups is 1. The van der Waals surface area contributed by atoms with Gasteiger partial charge in [0.2, 0.25) is 0 Å². The highest BCUT2D eigenvalue weighted by Gasteiger charge is 2.21. The van der Waals surface area contributed by atoms with Gasteiger partial charge in [0, 0.05) is 22.9 Å². The van der Waals surface area contributed by atoms with Gasteiger partial charge in [-0.3, -0.25) is 4.98 Å². The summed E-state index contributed by atoms with van der Waals surface area (Å²) < 4.78 is 5.65. The van der Waals surface area contributed by atoms with Crippen LogP contribution in [0.3, 0.4) is 0 Å². The highest BCUT2D eigenvalue weighted by molar-refractivity contribution is 9.10. The van der Waals surface area contributed by atoms with Gasteiger partial charge in [-0.1, -0.05) is 0 Å². The van der Waals surface area contributed by atoms with Gasteiger partial charge in [0.05, 0.1) is 7.11 Å². The summed E-state index contributed by atoms with van der Waals surface area (Å²) in [7, 11) is 1.38. The molecule has 16 heavy (non-hydrogen) atoms. The SMILES string of the molecule is COC(=O)NC1CCc2c(Br)cncc2C1. The van der Waals surface area contributed by atoms with E-state index in [0.717, 1.165) is 23.7 Å². The lowest BCUT2D eigenvalue weighted by Crippen LogP contribution is -2.38. The summed E-state index contributed by atoms with van der Waals surface area (Å²) in [5, 5.41) is 2.82. The van der Waals surface area contributed by atoms with Crippen LogP contribution in [0.5, 0.6) is 0 Å². The third kappa shape index (κ3) is 2.35. The molecule has 0 aromatic carbocycles. The Balaban J connectivity index is 2.09. The molecule has 0 saturated heterocycles. The quantitative estimate of drug-likeness (QED) is 0.859. The number of alkyl carbamates (subject to hydrolysis) is 1. The second kappa shape index (κ2) is 4.82. The zero-order chi connectivity index (χ0) is 11.5. The molecule has 1 heterocycles. The molecule has 4 nitrogen and oxygen atoms in total. The maximum atomic E-state index is 11.1. The maximum absolute atomic E-state index is 11.1. The number of nitrogens with one attached hydrogen (secondary N) is 1. The molecule has 1 aliphatic rings. The molecule has 1 aromatic heterocycles. The normalized spacial score (nSPS) is 18.8. The first-order valence-corrected chi connectivity index (χ1v) is 5.95. The summed E-state index contributed by atoms with van der Waals surface area (Å²) in [4.78, 5) is 15.2. The number of methoxy groups -OCH3 is 1. The van der Waals surface area contributed by atoms with Crippen molar-refractivity contribution in [1.82, 2.24) is 10.3 Å². The standard InChI is InChI=1S/C11H13BrN2O2/c1-16-11(15)14-8-2-3-9-7(4-8)5-13-6-10(9)12/h5-6,8H,2-4H2,1H3,(H,14,15). The minimum Gasteiger partial charge on any atom is -0.453 e. The molecule has 1 unspecified atom stereocenters. The molecule has 86 valence electrons. The molecular weight excluding hydrogens is 272 g/mol. The number of nitrogens with zero attached hydrogens (tertiary/aromatic N) is 1. The van der Waals surface area contributed by atoms with Gasteiger partial charge in [-0.25, -0.2) is 4.79 Å². The van der Waals surface area contributed by atoms with Gasteiger partial charge in [-0.05, 0) is 46.3 Å². The second-order valence-electron chi connectivity index (χ2n) is 3.83. The molecule has 0 saturated carbocycles. The molecule has 5 heteroatoms. The van der Waals surface area contributed by atoms with Crippen LogP contribution in [-0.2, 0) is 17.6 Å². The zero-order valence-corrected chi connectivity index (χ0v) is 10.6. The average molecular weight is 285 g/mol. The first-order valence-electron chi connectivity index (χ1n) is 5.16. The molecule has 1 aliphatic carbocycles. The Morgan fingerprint density at radius 2 is 2.44 bits per heavy atom. The van der Waals surface area contributed by atoms with E-state index in [1.54, 1.807) is 0 Å². The molecule has 0 radical (unpaired) electrons. The summed E-state index contributed by atoms with van der Waals surface area (Å²) in [5.41, 5.74) is 2.50. The predicted octanol–water partition coefficient (Wildman–Crippen LogP) is 2.06. The van der Waals surface area contributed by atoms with E-state index in [1.807, 2.05) is 12.4 Å². The lowest BCUT2D eigenvalue weighted by molar-refractivity contribution is 0.165. The molecule has 0 fully saturated rings. The van der Waals surface area contributed by atoms with Gasteiger partial charge in [0.25, 0.3) is 0 Å². The van der Waals surface area contributed by atoms with Crippen molar-refractivity contribution in [1.29, 1.82) is 0 Å². The Morgan fingerprint density at radius 1 is 1.62 bits per heavy atom. The number of hydrogen-bond donors (Lipinski definition) is 1. The van der Waals surface area contributed by atoms with Crippen LogP contribution < -0.4 is 5.32 Å². The summed E-state index contributed by atoms with van der Waals surface area (Å²) in [6.07, 6.45) is 6.02. The van der Waals surface area contributed by atoms with Crippen LogP contribution in [0.15, 0.2) is 16.9 Å². The Hall–Kier alpha value is -1.10. The van der Waals surface area contributed by atoms with Gasteiger partial charge >= 0.3 is 6.09 Å². The minimum absolute atomic E-state index is 0.149. The van der Waals surface area contributed by atoms with Gasteiger partial charge in [-0.2, -0.15) is 0 Å². The maximum Gasteiger partial charge on any atom is 0.407 e. The first kappa shape index (κ1) is 11.4. The molecule has 2 rings (SSSR count). The van der Waals surface area contributed by atoms with E-state index in [9.17, 15) is 4.79 Å². The van der Waals surface area contributed by atoms with Gasteiger partial charge < -0.3 is 10.1 Å². The Morgan fingerprint density at radius 3 is 3.19 bits per heavy atom. The van der Waals surface area contributed by atoms with Crippen LogP contribution in [0.4, 0.5) is 4.79 Å². The number of aromatic nitrogens is 1. The van der Waals surface area contributed by atoms with Crippen molar-refractivity contribution in [3.8, 4) is 0 Å². The number of pyridine rings is 1. The van der Waals surface area contributed by atoms with Crippen LogP contribution in [0.1, 0.15) is 17.5 Å². The fraction of sp³-hybridized carbons (Fsp3) is 0.455. The lowest BCUT2D eigenvalue weighted by Gasteiger charge is -2.25. The fourth-order valence-corrected chi connectivity index (χ4v) is 2.56. The summed E-state index contributed by atoms with van der Waals surface area (Å²) in [6.45, 7) is 0. The number of fused-ring (bicyclic) bond motifs is 1. The summed E-state index contributed by atoms with van der Waals surface area (Å²) >= 11 is 3.49. The van der Waals surface area contributed by atoms with E-state index in [1.165, 1.54) is 18.2 Å². The molecule has 1 N–H and O–H groups in total. The molecule has 0 aliphatic heterocycles. The smallest absolute Gasteiger partial charge is 0.407 e. The average Bonchev–Trinajstić information content (AvgIpc) is 2.29. The van der Waals surface area contributed by atoms with Crippen molar-refractivity contribution in [3.05, 3.63) is 28.0 Å². The largest absolute Gasteiger partial charge is 0.453 e. The van der Waals surface area contributed by atoms with E-state index >= 15 is 0 Å². The van der Waals surface area contributed by atoms with Crippen LogP contribution in [0.25, 0.3) is 0 Å². The van der Waals surface area contributed by atoms with Crippen molar-refractivity contribution >= 4 is 22.0 Å². The highest BCUT2D eigenvalue weighted by Crippen LogP contribution is 2.27. The monoisotopic (exact) mass is 284 g/mol. The number of amides is 1. The van der Waals surface area contributed by atoms with Crippen molar-refractivity contribution in [2.75, 3.05) is 7.11 Å². The number of hydrogen-bond acceptors (Lipinski definition) is 3. The van der Waals surface area contributed by atoms with Crippen LogP contribution in [-0.4, -0.2) is 24.2 Å². The zero-order valence-electron chi connectivity index (χ0n) is 9.00. The third-order valence-corrected chi connectivity index (χ3v) is 3.49. The topological polar surface area (TPSA) is 51.2 Å². The Labute approximate surface area is 103 Å². The molecule has 1 amide bonds. The second-order valence-corrected chi connectivity index (χ2v) is 4.69. The molecule has 1 aromatic rings. The third-order valence-electron chi connectivity index (χ3n) is 2.81. The predicted molar refractivity (Wildman–Crippen MR) is 63.3 cm³/mol.